The second-order valence-electron chi connectivity index (χ2n) is 4.50. The van der Waals surface area contributed by atoms with Crippen LogP contribution in [-0.2, 0) is 27.9 Å². The lowest BCUT2D eigenvalue weighted by atomic mass is 10.2. The zero-order valence-electron chi connectivity index (χ0n) is 10.8. The van der Waals surface area contributed by atoms with Gasteiger partial charge in [-0.25, -0.2) is 4.98 Å². The first-order chi connectivity index (χ1) is 8.69. The minimum atomic E-state index is -0.220. The molecule has 1 aromatic heterocycles. The molecule has 2 rings (SSSR count). The number of hydrogen-bond donors (Lipinski definition) is 0. The summed E-state index contributed by atoms with van der Waals surface area (Å²) < 4.78 is 12.2. The van der Waals surface area contributed by atoms with Crippen LogP contribution in [0.25, 0.3) is 0 Å². The summed E-state index contributed by atoms with van der Waals surface area (Å²) in [6.07, 6.45) is 3.91. The van der Waals surface area contributed by atoms with E-state index in [-0.39, 0.29) is 12.1 Å². The number of nitrogens with zero attached hydrogens (tertiary/aromatic N) is 3. The third kappa shape index (κ3) is 3.30. The van der Waals surface area contributed by atoms with Gasteiger partial charge in [-0.2, -0.15) is 0 Å². The molecule has 6 heteroatoms. The van der Waals surface area contributed by atoms with Crippen LogP contribution in [0.2, 0.25) is 0 Å². The molecule has 0 saturated carbocycles. The summed E-state index contributed by atoms with van der Waals surface area (Å²) in [5.74, 6) is -0.220. The maximum absolute atomic E-state index is 11.2. The molecular formula is C12H19N3O3. The third-order valence-electron chi connectivity index (χ3n) is 3.15. The largest absolute Gasteiger partial charge is 0.469 e. The standard InChI is InChI=1S/C12H19N3O3/c1-14-9-13-6-10(14)7-15-3-4-18-11(8-15)5-12(16)17-2/h6,9,11H,3-5,7-8H2,1-2H3. The number of carbonyl (C=O) groups is 1. The van der Waals surface area contributed by atoms with Crippen molar-refractivity contribution in [2.24, 2.45) is 7.05 Å². The molecule has 0 spiro atoms. The molecule has 18 heavy (non-hydrogen) atoms. The smallest absolute Gasteiger partial charge is 0.308 e. The molecule has 100 valence electrons. The molecule has 0 radical (unpaired) electrons. The first-order valence-corrected chi connectivity index (χ1v) is 6.05. The van der Waals surface area contributed by atoms with Crippen LogP contribution in [0.1, 0.15) is 12.1 Å². The van der Waals surface area contributed by atoms with Gasteiger partial charge in [-0.05, 0) is 0 Å². The monoisotopic (exact) mass is 253 g/mol. The van der Waals surface area contributed by atoms with E-state index < -0.39 is 0 Å². The maximum atomic E-state index is 11.2. The van der Waals surface area contributed by atoms with Crippen LogP contribution < -0.4 is 0 Å². The molecule has 1 aromatic rings. The molecule has 1 saturated heterocycles. The Morgan fingerprint density at radius 3 is 3.17 bits per heavy atom. The van der Waals surface area contributed by atoms with Crippen LogP contribution in [0, 0.1) is 0 Å². The van der Waals surface area contributed by atoms with Crippen molar-refractivity contribution in [2.75, 3.05) is 26.8 Å². The second-order valence-corrected chi connectivity index (χ2v) is 4.50. The van der Waals surface area contributed by atoms with Crippen LogP contribution in [0.3, 0.4) is 0 Å². The van der Waals surface area contributed by atoms with Crippen LogP contribution in [0.4, 0.5) is 0 Å². The van der Waals surface area contributed by atoms with Gasteiger partial charge < -0.3 is 14.0 Å². The number of esters is 1. The summed E-state index contributed by atoms with van der Waals surface area (Å²) in [6, 6.07) is 0. The van der Waals surface area contributed by atoms with E-state index in [1.54, 1.807) is 6.33 Å². The lowest BCUT2D eigenvalue weighted by molar-refractivity contribution is -0.145. The quantitative estimate of drug-likeness (QED) is 0.717. The maximum Gasteiger partial charge on any atom is 0.308 e. The van der Waals surface area contributed by atoms with E-state index in [0.29, 0.717) is 13.0 Å². The summed E-state index contributed by atoms with van der Waals surface area (Å²) in [6.45, 7) is 3.11. The van der Waals surface area contributed by atoms with Crippen molar-refractivity contribution >= 4 is 5.97 Å². The molecule has 1 aliphatic rings. The van der Waals surface area contributed by atoms with Gasteiger partial charge in [0.05, 0.1) is 38.3 Å². The fraction of sp³-hybridized carbons (Fsp3) is 0.667. The van der Waals surface area contributed by atoms with Gasteiger partial charge in [0.15, 0.2) is 0 Å². The minimum absolute atomic E-state index is 0.0700. The van der Waals surface area contributed by atoms with Gasteiger partial charge in [0, 0.05) is 32.9 Å². The van der Waals surface area contributed by atoms with Crippen LogP contribution in [0.5, 0.6) is 0 Å². The van der Waals surface area contributed by atoms with Crippen molar-refractivity contribution in [1.82, 2.24) is 14.5 Å². The molecule has 2 heterocycles. The number of carbonyl (C=O) groups excluding carboxylic acids is 1. The highest BCUT2D eigenvalue weighted by atomic mass is 16.5. The van der Waals surface area contributed by atoms with Crippen molar-refractivity contribution in [3.05, 3.63) is 18.2 Å². The van der Waals surface area contributed by atoms with E-state index in [9.17, 15) is 4.79 Å². The molecule has 1 atom stereocenters. The molecule has 0 aliphatic carbocycles. The average molecular weight is 253 g/mol. The Hall–Kier alpha value is -1.40. The normalized spacial score (nSPS) is 20.9. The van der Waals surface area contributed by atoms with Gasteiger partial charge in [0.25, 0.3) is 0 Å². The fourth-order valence-electron chi connectivity index (χ4n) is 2.08. The number of rotatable bonds is 4. The fourth-order valence-corrected chi connectivity index (χ4v) is 2.08. The molecule has 0 bridgehead atoms. The number of morpholine rings is 1. The third-order valence-corrected chi connectivity index (χ3v) is 3.15. The van der Waals surface area contributed by atoms with E-state index >= 15 is 0 Å². The summed E-state index contributed by atoms with van der Waals surface area (Å²) >= 11 is 0. The molecular weight excluding hydrogens is 234 g/mol. The molecule has 0 aromatic carbocycles. The number of methoxy groups -OCH3 is 1. The zero-order chi connectivity index (χ0) is 13.0. The SMILES string of the molecule is COC(=O)CC1CN(Cc2cncn2C)CCO1. The van der Waals surface area contributed by atoms with Gasteiger partial charge >= 0.3 is 5.97 Å². The molecule has 0 amide bonds. The highest BCUT2D eigenvalue weighted by Crippen LogP contribution is 2.12. The van der Waals surface area contributed by atoms with Crippen LogP contribution in [0.15, 0.2) is 12.5 Å². The van der Waals surface area contributed by atoms with Crippen molar-refractivity contribution in [3.63, 3.8) is 0 Å². The summed E-state index contributed by atoms with van der Waals surface area (Å²) in [7, 11) is 3.38. The minimum Gasteiger partial charge on any atom is -0.469 e. The first kappa shape index (κ1) is 13.0. The second kappa shape index (κ2) is 5.97. The summed E-state index contributed by atoms with van der Waals surface area (Å²) in [5, 5.41) is 0. The Bertz CT molecular complexity index is 405. The van der Waals surface area contributed by atoms with Crippen molar-refractivity contribution in [3.8, 4) is 0 Å². The van der Waals surface area contributed by atoms with Gasteiger partial charge in [-0.15, -0.1) is 0 Å². The molecule has 1 fully saturated rings. The molecule has 1 unspecified atom stereocenters. The van der Waals surface area contributed by atoms with Crippen LogP contribution >= 0.6 is 0 Å². The Morgan fingerprint density at radius 1 is 1.67 bits per heavy atom. The van der Waals surface area contributed by atoms with Crippen molar-refractivity contribution < 1.29 is 14.3 Å². The number of hydrogen-bond acceptors (Lipinski definition) is 5. The van der Waals surface area contributed by atoms with Crippen LogP contribution in [-0.4, -0.2) is 53.3 Å². The average Bonchev–Trinajstić information content (AvgIpc) is 2.75. The summed E-state index contributed by atoms with van der Waals surface area (Å²) in [5.41, 5.74) is 1.16. The predicted molar refractivity (Wildman–Crippen MR) is 64.9 cm³/mol. The summed E-state index contributed by atoms with van der Waals surface area (Å²) in [4.78, 5) is 17.6. The van der Waals surface area contributed by atoms with E-state index in [2.05, 4.69) is 14.6 Å². The highest BCUT2D eigenvalue weighted by molar-refractivity contribution is 5.69. The number of aromatic nitrogens is 2. The first-order valence-electron chi connectivity index (χ1n) is 6.05. The lowest BCUT2D eigenvalue weighted by Crippen LogP contribution is -2.43. The topological polar surface area (TPSA) is 56.6 Å². The van der Waals surface area contributed by atoms with Crippen molar-refractivity contribution in [1.29, 1.82) is 0 Å². The van der Waals surface area contributed by atoms with Crippen molar-refractivity contribution in [2.45, 2.75) is 19.1 Å². The number of ether oxygens (including phenoxy) is 2. The Morgan fingerprint density at radius 2 is 2.50 bits per heavy atom. The molecule has 6 nitrogen and oxygen atoms in total. The molecule has 0 N–H and O–H groups in total. The highest BCUT2D eigenvalue weighted by Gasteiger charge is 2.23. The number of imidazole rings is 1. The van der Waals surface area contributed by atoms with E-state index in [1.807, 2.05) is 17.8 Å². The van der Waals surface area contributed by atoms with E-state index in [4.69, 9.17) is 4.74 Å². The Kier molecular flexibility index (Phi) is 4.33. The van der Waals surface area contributed by atoms with Gasteiger partial charge in [0.2, 0.25) is 0 Å². The Labute approximate surface area is 106 Å². The van der Waals surface area contributed by atoms with E-state index in [1.165, 1.54) is 7.11 Å². The van der Waals surface area contributed by atoms with Gasteiger partial charge in [-0.1, -0.05) is 0 Å². The lowest BCUT2D eigenvalue weighted by Gasteiger charge is -2.32. The van der Waals surface area contributed by atoms with E-state index in [0.717, 1.165) is 25.3 Å². The van der Waals surface area contributed by atoms with Gasteiger partial charge in [0.1, 0.15) is 0 Å². The predicted octanol–water partition coefficient (Wildman–Crippen LogP) is 0.184. The van der Waals surface area contributed by atoms with Gasteiger partial charge in [-0.3, -0.25) is 9.69 Å². The zero-order valence-corrected chi connectivity index (χ0v) is 10.8. The molecule has 1 aliphatic heterocycles. The Balaban J connectivity index is 1.87. The number of aryl methyl sites for hydroxylation is 1.